The number of nitrogens with zero attached hydrogens (tertiary/aromatic N) is 4. The molecular weight excluding hydrogens is 246 g/mol. The van der Waals surface area contributed by atoms with Gasteiger partial charge in [0, 0.05) is 23.5 Å². The van der Waals surface area contributed by atoms with Crippen LogP contribution in [0.4, 0.5) is 0 Å². The van der Waals surface area contributed by atoms with Gasteiger partial charge in [0.2, 0.25) is 0 Å². The van der Waals surface area contributed by atoms with E-state index in [1.807, 2.05) is 7.05 Å². The maximum atomic E-state index is 4.26. The fraction of sp³-hybridized carbons (Fsp3) is 0.917. The van der Waals surface area contributed by atoms with Crippen molar-refractivity contribution in [2.75, 3.05) is 12.3 Å². The summed E-state index contributed by atoms with van der Waals surface area (Å²) < 4.78 is 0. The van der Waals surface area contributed by atoms with Crippen LogP contribution in [0, 0.1) is 0 Å². The lowest BCUT2D eigenvalue weighted by Crippen LogP contribution is -2.34. The van der Waals surface area contributed by atoms with Crippen LogP contribution >= 0.6 is 11.8 Å². The van der Waals surface area contributed by atoms with Gasteiger partial charge in [-0.15, -0.1) is 10.2 Å². The van der Waals surface area contributed by atoms with Crippen LogP contribution in [0.5, 0.6) is 0 Å². The molecule has 1 atom stereocenters. The van der Waals surface area contributed by atoms with Crippen molar-refractivity contribution in [2.45, 2.75) is 50.3 Å². The van der Waals surface area contributed by atoms with Crippen LogP contribution in [0.25, 0.3) is 0 Å². The molecule has 1 fully saturated rings. The minimum absolute atomic E-state index is 0.463. The summed E-state index contributed by atoms with van der Waals surface area (Å²) in [6.07, 6.45) is 6.49. The lowest BCUT2D eigenvalue weighted by Gasteiger charge is -2.18. The van der Waals surface area contributed by atoms with Crippen LogP contribution in [0.1, 0.15) is 38.4 Å². The van der Waals surface area contributed by atoms with E-state index in [1.54, 1.807) is 0 Å². The van der Waals surface area contributed by atoms with Gasteiger partial charge in [-0.3, -0.25) is 0 Å². The average Bonchev–Trinajstić information content (AvgIpc) is 2.98. The molecule has 0 radical (unpaired) electrons. The Morgan fingerprint density at radius 1 is 1.44 bits per heavy atom. The molecule has 1 N–H and O–H groups in total. The summed E-state index contributed by atoms with van der Waals surface area (Å²) in [5.41, 5.74) is 0. The Hall–Kier alpha value is -0.620. The minimum atomic E-state index is 0.463. The van der Waals surface area contributed by atoms with Crippen LogP contribution in [0.3, 0.4) is 0 Å². The summed E-state index contributed by atoms with van der Waals surface area (Å²) in [5, 5.41) is 16.6. The Morgan fingerprint density at radius 2 is 2.22 bits per heavy atom. The van der Waals surface area contributed by atoms with Crippen LogP contribution in [0.2, 0.25) is 0 Å². The van der Waals surface area contributed by atoms with Gasteiger partial charge in [0.1, 0.15) is 0 Å². The van der Waals surface area contributed by atoms with E-state index in [0.717, 1.165) is 29.8 Å². The van der Waals surface area contributed by atoms with Gasteiger partial charge >= 0.3 is 0 Å². The fourth-order valence-electron chi connectivity index (χ4n) is 2.41. The highest BCUT2D eigenvalue weighted by Gasteiger charge is 2.18. The molecule has 5 nitrogen and oxygen atoms in total. The maximum absolute atomic E-state index is 4.26. The first kappa shape index (κ1) is 13.8. The van der Waals surface area contributed by atoms with E-state index in [0.29, 0.717) is 6.04 Å². The Balaban J connectivity index is 1.79. The third kappa shape index (κ3) is 4.24. The summed E-state index contributed by atoms with van der Waals surface area (Å²) in [7, 11) is 1.81. The SMILES string of the molecule is CCNC(CSC1CCCC1)Cc1nnn(C)n1. The average molecular weight is 269 g/mol. The Bertz CT molecular complexity index is 348. The van der Waals surface area contributed by atoms with Crippen molar-refractivity contribution in [2.24, 2.45) is 7.05 Å². The summed E-state index contributed by atoms with van der Waals surface area (Å²) in [6.45, 7) is 3.15. The molecule has 18 heavy (non-hydrogen) atoms. The molecule has 1 aromatic rings. The van der Waals surface area contributed by atoms with E-state index < -0.39 is 0 Å². The summed E-state index contributed by atoms with van der Waals surface area (Å²) in [5.74, 6) is 1.99. The predicted molar refractivity (Wildman–Crippen MR) is 74.7 cm³/mol. The van der Waals surface area contributed by atoms with Gasteiger partial charge < -0.3 is 5.32 Å². The maximum Gasteiger partial charge on any atom is 0.176 e. The topological polar surface area (TPSA) is 55.6 Å². The van der Waals surface area contributed by atoms with Crippen LogP contribution in [-0.2, 0) is 13.5 Å². The molecule has 0 amide bonds. The standard InChI is InChI=1S/C12H23N5S/c1-3-13-10(8-12-14-16-17(2)15-12)9-18-11-6-4-5-7-11/h10-11,13H,3-9H2,1-2H3. The van der Waals surface area contributed by atoms with Crippen molar-refractivity contribution >= 4 is 11.8 Å². The number of aromatic nitrogens is 4. The molecule has 1 aliphatic rings. The van der Waals surface area contributed by atoms with Gasteiger partial charge in [0.05, 0.1) is 7.05 Å². The van der Waals surface area contributed by atoms with Gasteiger partial charge in [0.25, 0.3) is 0 Å². The molecule has 0 aromatic carbocycles. The van der Waals surface area contributed by atoms with Crippen molar-refractivity contribution in [1.29, 1.82) is 0 Å². The Morgan fingerprint density at radius 3 is 2.83 bits per heavy atom. The van der Waals surface area contributed by atoms with E-state index in [4.69, 9.17) is 0 Å². The zero-order chi connectivity index (χ0) is 12.8. The molecule has 6 heteroatoms. The van der Waals surface area contributed by atoms with E-state index in [9.17, 15) is 0 Å². The third-order valence-electron chi connectivity index (χ3n) is 3.31. The molecule has 1 unspecified atom stereocenters. The normalized spacial score (nSPS) is 18.3. The zero-order valence-electron chi connectivity index (χ0n) is 11.3. The van der Waals surface area contributed by atoms with Gasteiger partial charge in [0.15, 0.2) is 5.82 Å². The molecule has 1 aliphatic carbocycles. The lowest BCUT2D eigenvalue weighted by atomic mass is 10.2. The first-order valence-electron chi connectivity index (χ1n) is 6.85. The molecule has 1 saturated carbocycles. The van der Waals surface area contributed by atoms with Gasteiger partial charge in [-0.2, -0.15) is 16.6 Å². The first-order valence-corrected chi connectivity index (χ1v) is 7.90. The number of hydrogen-bond donors (Lipinski definition) is 1. The molecule has 0 aliphatic heterocycles. The monoisotopic (exact) mass is 269 g/mol. The molecule has 0 bridgehead atoms. The number of rotatable bonds is 7. The largest absolute Gasteiger partial charge is 0.313 e. The molecule has 1 aromatic heterocycles. The van der Waals surface area contributed by atoms with E-state index in [2.05, 4.69) is 39.4 Å². The molecule has 1 heterocycles. The molecule has 102 valence electrons. The number of thioether (sulfide) groups is 1. The molecular formula is C12H23N5S. The summed E-state index contributed by atoms with van der Waals surface area (Å²) in [6, 6.07) is 0.463. The van der Waals surface area contributed by atoms with Crippen molar-refractivity contribution in [1.82, 2.24) is 25.5 Å². The highest BCUT2D eigenvalue weighted by Crippen LogP contribution is 2.29. The van der Waals surface area contributed by atoms with Gasteiger partial charge in [-0.25, -0.2) is 0 Å². The van der Waals surface area contributed by atoms with Crippen molar-refractivity contribution in [3.8, 4) is 0 Å². The third-order valence-corrected chi connectivity index (χ3v) is 4.84. The fourth-order valence-corrected chi connectivity index (χ4v) is 3.82. The number of tetrazole rings is 1. The number of likely N-dealkylation sites (N-methyl/N-ethyl adjacent to an activating group) is 1. The number of nitrogens with one attached hydrogen (secondary N) is 1. The molecule has 0 saturated heterocycles. The quantitative estimate of drug-likeness (QED) is 0.811. The zero-order valence-corrected chi connectivity index (χ0v) is 12.1. The summed E-state index contributed by atoms with van der Waals surface area (Å²) >= 11 is 2.11. The molecule has 2 rings (SSSR count). The highest BCUT2D eigenvalue weighted by molar-refractivity contribution is 7.99. The van der Waals surface area contributed by atoms with Crippen LogP contribution in [0.15, 0.2) is 0 Å². The van der Waals surface area contributed by atoms with Crippen molar-refractivity contribution < 1.29 is 0 Å². The summed E-state index contributed by atoms with van der Waals surface area (Å²) in [4.78, 5) is 1.53. The van der Waals surface area contributed by atoms with Crippen molar-refractivity contribution in [3.63, 3.8) is 0 Å². The minimum Gasteiger partial charge on any atom is -0.313 e. The second-order valence-electron chi connectivity index (χ2n) is 4.89. The second kappa shape index (κ2) is 7.09. The van der Waals surface area contributed by atoms with Gasteiger partial charge in [-0.1, -0.05) is 19.8 Å². The second-order valence-corrected chi connectivity index (χ2v) is 6.23. The number of aryl methyl sites for hydroxylation is 1. The van der Waals surface area contributed by atoms with Crippen LogP contribution in [-0.4, -0.2) is 43.8 Å². The first-order chi connectivity index (χ1) is 8.78. The van der Waals surface area contributed by atoms with E-state index in [1.165, 1.54) is 30.5 Å². The van der Waals surface area contributed by atoms with E-state index in [-0.39, 0.29) is 0 Å². The Kier molecular flexibility index (Phi) is 5.44. The van der Waals surface area contributed by atoms with Crippen LogP contribution < -0.4 is 5.32 Å². The Labute approximate surface area is 113 Å². The smallest absolute Gasteiger partial charge is 0.176 e. The van der Waals surface area contributed by atoms with Crippen molar-refractivity contribution in [3.05, 3.63) is 5.82 Å². The lowest BCUT2D eigenvalue weighted by molar-refractivity contribution is 0.555. The van der Waals surface area contributed by atoms with Gasteiger partial charge in [-0.05, 0) is 24.6 Å². The highest BCUT2D eigenvalue weighted by atomic mass is 32.2. The van der Waals surface area contributed by atoms with E-state index >= 15 is 0 Å². The number of hydrogen-bond acceptors (Lipinski definition) is 5. The predicted octanol–water partition coefficient (Wildman–Crippen LogP) is 1.41. The molecule has 0 spiro atoms.